The number of nitrogens with zero attached hydrogens (tertiary/aromatic N) is 2. The molecule has 1 fully saturated rings. The van der Waals surface area contributed by atoms with Gasteiger partial charge < -0.3 is 5.32 Å². The molecule has 1 N–H and O–H groups in total. The quantitative estimate of drug-likeness (QED) is 0.651. The van der Waals surface area contributed by atoms with E-state index in [4.69, 9.17) is 11.6 Å². The average molecular weight is 448 g/mol. The molecule has 1 aliphatic carbocycles. The lowest BCUT2D eigenvalue weighted by Crippen LogP contribution is -2.25. The van der Waals surface area contributed by atoms with Crippen LogP contribution in [0.2, 0.25) is 5.02 Å². The van der Waals surface area contributed by atoms with Gasteiger partial charge in [-0.1, -0.05) is 24.1 Å². The maximum Gasteiger partial charge on any atom is 0.233 e. The second kappa shape index (κ2) is 9.51. The molecule has 158 valence electrons. The van der Waals surface area contributed by atoms with Crippen LogP contribution in [0.25, 0.3) is 0 Å². The number of rotatable bonds is 7. The summed E-state index contributed by atoms with van der Waals surface area (Å²) in [4.78, 5) is 32.0. The lowest BCUT2D eigenvalue weighted by atomic mass is 9.83. The first-order chi connectivity index (χ1) is 14.3. The van der Waals surface area contributed by atoms with E-state index in [0.29, 0.717) is 17.8 Å². The molecule has 3 rings (SSSR count). The van der Waals surface area contributed by atoms with Crippen LogP contribution in [0.4, 0.5) is 5.82 Å². The van der Waals surface area contributed by atoms with Crippen LogP contribution in [-0.4, -0.2) is 36.5 Å². The number of anilines is 1. The number of hydrogen-bond acceptors (Lipinski definition) is 6. The zero-order valence-electron chi connectivity index (χ0n) is 16.4. The molecule has 1 heterocycles. The highest BCUT2D eigenvalue weighted by atomic mass is 35.5. The van der Waals surface area contributed by atoms with Crippen LogP contribution in [0.15, 0.2) is 47.8 Å². The van der Waals surface area contributed by atoms with Crippen LogP contribution >= 0.6 is 11.6 Å². The Labute approximate surface area is 180 Å². The third-order valence-electron chi connectivity index (χ3n) is 5.43. The molecule has 2 aromatic rings. The SMILES string of the molecule is CS(=O)(=O)c1ccc([C@@H](CC2CCCC2C=C=O)C(=O)Nc2cnccn2)cc1Cl. The molecule has 9 heteroatoms. The van der Waals surface area contributed by atoms with Crippen LogP contribution in [-0.2, 0) is 19.4 Å². The molecular weight excluding hydrogens is 426 g/mol. The van der Waals surface area contributed by atoms with Crippen molar-refractivity contribution in [1.29, 1.82) is 0 Å². The molecule has 1 amide bonds. The van der Waals surface area contributed by atoms with E-state index in [2.05, 4.69) is 15.3 Å². The van der Waals surface area contributed by atoms with Crippen molar-refractivity contribution in [2.75, 3.05) is 11.6 Å². The van der Waals surface area contributed by atoms with Crippen molar-refractivity contribution in [2.24, 2.45) is 11.8 Å². The maximum absolute atomic E-state index is 13.1. The minimum absolute atomic E-state index is 0.0173. The van der Waals surface area contributed by atoms with E-state index in [1.165, 1.54) is 36.8 Å². The summed E-state index contributed by atoms with van der Waals surface area (Å²) in [5.41, 5.74) is 0.606. The number of carbonyl (C=O) groups excluding carboxylic acids is 2. The number of aromatic nitrogens is 2. The molecule has 3 atom stereocenters. The first-order valence-corrected chi connectivity index (χ1v) is 11.8. The fourth-order valence-electron chi connectivity index (χ4n) is 3.97. The van der Waals surface area contributed by atoms with Crippen molar-refractivity contribution in [3.63, 3.8) is 0 Å². The van der Waals surface area contributed by atoms with Gasteiger partial charge in [-0.15, -0.1) is 0 Å². The predicted octanol–water partition coefficient (Wildman–Crippen LogP) is 3.45. The number of nitrogens with one attached hydrogen (secondary N) is 1. The monoisotopic (exact) mass is 447 g/mol. The summed E-state index contributed by atoms with van der Waals surface area (Å²) in [5, 5.41) is 2.84. The van der Waals surface area contributed by atoms with Crippen molar-refractivity contribution in [3.8, 4) is 0 Å². The number of sulfone groups is 1. The molecular formula is C21H22ClN3O4S. The van der Waals surface area contributed by atoms with Crippen molar-refractivity contribution in [3.05, 3.63) is 53.5 Å². The summed E-state index contributed by atoms with van der Waals surface area (Å²) in [6.45, 7) is 0. The predicted molar refractivity (Wildman–Crippen MR) is 114 cm³/mol. The van der Waals surface area contributed by atoms with Gasteiger partial charge in [0, 0.05) is 24.7 Å². The largest absolute Gasteiger partial charge is 0.309 e. The third-order valence-corrected chi connectivity index (χ3v) is 7.01. The van der Waals surface area contributed by atoms with E-state index in [9.17, 15) is 18.0 Å². The minimum atomic E-state index is -3.48. The minimum Gasteiger partial charge on any atom is -0.309 e. The average Bonchev–Trinajstić information content (AvgIpc) is 3.13. The summed E-state index contributed by atoms with van der Waals surface area (Å²) in [7, 11) is -3.48. The number of amides is 1. The Morgan fingerprint density at radius 3 is 2.80 bits per heavy atom. The molecule has 2 unspecified atom stereocenters. The molecule has 0 spiro atoms. The molecule has 0 radical (unpaired) electrons. The fraction of sp³-hybridized carbons (Fsp3) is 0.381. The standard InChI is InChI=1S/C21H22ClN3O4S/c1-30(28,29)19-6-5-16(12-18(19)22)17(11-15-4-2-3-14(15)7-10-26)21(27)25-20-13-23-8-9-24-20/h5-9,12-15,17H,2-4,11H2,1H3,(H,24,25,27)/t14?,15?,17-/m1/s1. The summed E-state index contributed by atoms with van der Waals surface area (Å²) in [6, 6.07) is 4.56. The van der Waals surface area contributed by atoms with Gasteiger partial charge >= 0.3 is 0 Å². The lowest BCUT2D eigenvalue weighted by Gasteiger charge is -2.23. The van der Waals surface area contributed by atoms with Crippen molar-refractivity contribution in [1.82, 2.24) is 9.97 Å². The van der Waals surface area contributed by atoms with Gasteiger partial charge in [-0.25, -0.2) is 18.2 Å². The van der Waals surface area contributed by atoms with E-state index < -0.39 is 15.8 Å². The Morgan fingerprint density at radius 2 is 2.17 bits per heavy atom. The Balaban J connectivity index is 1.93. The molecule has 30 heavy (non-hydrogen) atoms. The maximum atomic E-state index is 13.1. The summed E-state index contributed by atoms with van der Waals surface area (Å²) in [5.74, 6) is 1.51. The first kappa shape index (κ1) is 22.2. The van der Waals surface area contributed by atoms with E-state index in [1.807, 2.05) is 5.94 Å². The molecule has 0 bridgehead atoms. The molecule has 1 saturated carbocycles. The number of carbonyl (C=O) groups is 1. The van der Waals surface area contributed by atoms with Crippen molar-refractivity contribution < 1.29 is 18.0 Å². The number of hydrogen-bond donors (Lipinski definition) is 1. The van der Waals surface area contributed by atoms with Crippen LogP contribution < -0.4 is 5.32 Å². The normalized spacial score (nSPS) is 19.7. The van der Waals surface area contributed by atoms with Gasteiger partial charge in [0.2, 0.25) is 5.91 Å². The van der Waals surface area contributed by atoms with Crippen LogP contribution in [0.1, 0.15) is 37.2 Å². The number of allylic oxidation sites excluding steroid dienone is 1. The van der Waals surface area contributed by atoms with Crippen molar-refractivity contribution >= 4 is 39.1 Å². The second-order valence-electron chi connectivity index (χ2n) is 7.47. The number of benzene rings is 1. The van der Waals surface area contributed by atoms with Gasteiger partial charge in [-0.05, 0) is 48.8 Å². The highest BCUT2D eigenvalue weighted by molar-refractivity contribution is 7.90. The number of halogens is 1. The van der Waals surface area contributed by atoms with Crippen LogP contribution in [0.5, 0.6) is 0 Å². The van der Waals surface area contributed by atoms with Gasteiger partial charge in [0.15, 0.2) is 15.7 Å². The van der Waals surface area contributed by atoms with Crippen LogP contribution in [0.3, 0.4) is 0 Å². The molecule has 1 aromatic carbocycles. The summed E-state index contributed by atoms with van der Waals surface area (Å²) >= 11 is 6.23. The first-order valence-electron chi connectivity index (χ1n) is 9.57. The summed E-state index contributed by atoms with van der Waals surface area (Å²) < 4.78 is 23.8. The Bertz CT molecular complexity index is 1070. The summed E-state index contributed by atoms with van der Waals surface area (Å²) in [6.07, 6.45) is 10.3. The third kappa shape index (κ3) is 5.33. The van der Waals surface area contributed by atoms with E-state index >= 15 is 0 Å². The Kier molecular flexibility index (Phi) is 7.02. The smallest absolute Gasteiger partial charge is 0.233 e. The Hall–Kier alpha value is -2.54. The molecule has 7 nitrogen and oxygen atoms in total. The van der Waals surface area contributed by atoms with Crippen LogP contribution in [0, 0.1) is 11.8 Å². The highest BCUT2D eigenvalue weighted by Gasteiger charge is 2.32. The molecule has 1 aliphatic rings. The Morgan fingerprint density at radius 1 is 1.37 bits per heavy atom. The van der Waals surface area contributed by atoms with Gasteiger partial charge in [0.1, 0.15) is 5.94 Å². The van der Waals surface area contributed by atoms with Crippen molar-refractivity contribution in [2.45, 2.75) is 36.5 Å². The topological polar surface area (TPSA) is 106 Å². The zero-order valence-corrected chi connectivity index (χ0v) is 18.0. The lowest BCUT2D eigenvalue weighted by molar-refractivity contribution is -0.118. The van der Waals surface area contributed by atoms with Gasteiger partial charge in [-0.3, -0.25) is 9.78 Å². The zero-order chi connectivity index (χ0) is 21.7. The molecule has 0 aliphatic heterocycles. The van der Waals surface area contributed by atoms with Gasteiger partial charge in [-0.2, -0.15) is 0 Å². The van der Waals surface area contributed by atoms with E-state index in [0.717, 1.165) is 25.5 Å². The highest BCUT2D eigenvalue weighted by Crippen LogP contribution is 2.40. The fourth-order valence-corrected chi connectivity index (χ4v) is 5.31. The molecule has 1 aromatic heterocycles. The van der Waals surface area contributed by atoms with Gasteiger partial charge in [0.05, 0.1) is 22.0 Å². The van der Waals surface area contributed by atoms with E-state index in [-0.39, 0.29) is 27.7 Å². The van der Waals surface area contributed by atoms with E-state index in [1.54, 1.807) is 6.07 Å². The van der Waals surface area contributed by atoms with Gasteiger partial charge in [0.25, 0.3) is 0 Å². The second-order valence-corrected chi connectivity index (χ2v) is 9.86. The molecule has 0 saturated heterocycles.